The van der Waals surface area contributed by atoms with Gasteiger partial charge >= 0.3 is 6.03 Å². The molecule has 0 bridgehead atoms. The summed E-state index contributed by atoms with van der Waals surface area (Å²) in [6.45, 7) is 0.307. The number of anilines is 1. The van der Waals surface area contributed by atoms with Gasteiger partial charge in [0.2, 0.25) is 0 Å². The molecule has 2 amide bonds. The normalized spacial score (nSPS) is 19.0. The summed E-state index contributed by atoms with van der Waals surface area (Å²) in [7, 11) is 0. The maximum Gasteiger partial charge on any atom is 0.330 e. The van der Waals surface area contributed by atoms with Crippen LogP contribution in [-0.2, 0) is 4.74 Å². The molecule has 1 aliphatic heterocycles. The Labute approximate surface area is 104 Å². The fraction of sp³-hybridized carbons (Fsp3) is 0.273. The molecule has 90 valence electrons. The zero-order chi connectivity index (χ0) is 12.3. The van der Waals surface area contributed by atoms with Crippen molar-refractivity contribution in [3.05, 3.63) is 30.3 Å². The van der Waals surface area contributed by atoms with Crippen LogP contribution in [0.5, 0.6) is 0 Å². The summed E-state index contributed by atoms with van der Waals surface area (Å²) >= 11 is 5.62. The smallest absolute Gasteiger partial charge is 0.330 e. The highest BCUT2D eigenvalue weighted by atomic mass is 35.5. The molecular weight excluding hydrogens is 242 g/mol. The van der Waals surface area contributed by atoms with E-state index in [4.69, 9.17) is 21.7 Å². The maximum atomic E-state index is 11.8. The van der Waals surface area contributed by atoms with Crippen molar-refractivity contribution in [1.82, 2.24) is 4.90 Å². The number of nitrogens with one attached hydrogen (secondary N) is 2. The van der Waals surface area contributed by atoms with Crippen molar-refractivity contribution in [1.29, 1.82) is 5.41 Å². The van der Waals surface area contributed by atoms with Gasteiger partial charge in [0.15, 0.2) is 0 Å². The van der Waals surface area contributed by atoms with Crippen molar-refractivity contribution in [2.75, 3.05) is 17.7 Å². The van der Waals surface area contributed by atoms with Gasteiger partial charge < -0.3 is 10.1 Å². The fourth-order valence-electron chi connectivity index (χ4n) is 1.51. The number of hydrogen-bond donors (Lipinski definition) is 2. The molecule has 1 aromatic carbocycles. The molecule has 0 unspecified atom stereocenters. The van der Waals surface area contributed by atoms with Gasteiger partial charge in [-0.1, -0.05) is 18.2 Å². The molecule has 5 nitrogen and oxygen atoms in total. The second kappa shape index (κ2) is 5.05. The van der Waals surface area contributed by atoms with Crippen LogP contribution in [0.2, 0.25) is 0 Å². The van der Waals surface area contributed by atoms with E-state index in [1.807, 2.05) is 18.2 Å². The van der Waals surface area contributed by atoms with Gasteiger partial charge in [-0.05, 0) is 12.1 Å². The highest BCUT2D eigenvalue weighted by molar-refractivity contribution is 6.18. The lowest BCUT2D eigenvalue weighted by atomic mass is 10.3. The molecule has 1 aliphatic rings. The van der Waals surface area contributed by atoms with Gasteiger partial charge in [-0.15, -0.1) is 11.6 Å². The van der Waals surface area contributed by atoms with E-state index in [2.05, 4.69) is 5.32 Å². The Bertz CT molecular complexity index is 424. The number of urea groups is 1. The number of carbonyl (C=O) groups excluding carboxylic acids is 1. The second-order valence-corrected chi connectivity index (χ2v) is 3.91. The Morgan fingerprint density at radius 1 is 1.53 bits per heavy atom. The Morgan fingerprint density at radius 3 is 2.82 bits per heavy atom. The van der Waals surface area contributed by atoms with E-state index >= 15 is 0 Å². The molecule has 1 saturated heterocycles. The SMILES string of the molecule is N=C1O[C@H](CCl)CN1C(=O)Nc1ccccc1. The average Bonchev–Trinajstić information content (AvgIpc) is 2.72. The van der Waals surface area contributed by atoms with Crippen molar-refractivity contribution in [3.8, 4) is 0 Å². The number of alkyl halides is 1. The van der Waals surface area contributed by atoms with Crippen LogP contribution in [0.25, 0.3) is 0 Å². The topological polar surface area (TPSA) is 65.4 Å². The van der Waals surface area contributed by atoms with Gasteiger partial charge in [0.05, 0.1) is 12.4 Å². The molecule has 1 atom stereocenters. The van der Waals surface area contributed by atoms with Crippen LogP contribution in [0.15, 0.2) is 30.3 Å². The Hall–Kier alpha value is -1.75. The molecule has 2 N–H and O–H groups in total. The van der Waals surface area contributed by atoms with Gasteiger partial charge in [0.25, 0.3) is 6.02 Å². The minimum absolute atomic E-state index is 0.163. The number of amides is 2. The molecule has 6 heteroatoms. The third-order valence-corrected chi connectivity index (χ3v) is 2.70. The first-order valence-corrected chi connectivity index (χ1v) is 5.69. The third-order valence-electron chi connectivity index (χ3n) is 2.35. The number of para-hydroxylation sites is 1. The monoisotopic (exact) mass is 253 g/mol. The summed E-state index contributed by atoms with van der Waals surface area (Å²) in [5.74, 6) is 0.261. The predicted molar refractivity (Wildman–Crippen MR) is 65.5 cm³/mol. The van der Waals surface area contributed by atoms with E-state index in [1.165, 1.54) is 4.90 Å². The Kier molecular flexibility index (Phi) is 3.49. The number of halogens is 1. The maximum absolute atomic E-state index is 11.8. The van der Waals surface area contributed by atoms with Crippen molar-refractivity contribution in [3.63, 3.8) is 0 Å². The summed E-state index contributed by atoms with van der Waals surface area (Å²) in [5, 5.41) is 10.2. The fourth-order valence-corrected chi connectivity index (χ4v) is 1.67. The number of hydrogen-bond acceptors (Lipinski definition) is 3. The van der Waals surface area contributed by atoms with Gasteiger partial charge in [0.1, 0.15) is 6.10 Å². The molecule has 2 rings (SSSR count). The number of carbonyl (C=O) groups is 1. The molecule has 1 fully saturated rings. The molecule has 0 aliphatic carbocycles. The summed E-state index contributed by atoms with van der Waals surface area (Å²) < 4.78 is 5.10. The third kappa shape index (κ3) is 2.68. The zero-order valence-electron chi connectivity index (χ0n) is 9.02. The van der Waals surface area contributed by atoms with Crippen LogP contribution in [0.1, 0.15) is 0 Å². The van der Waals surface area contributed by atoms with E-state index in [1.54, 1.807) is 12.1 Å². The van der Waals surface area contributed by atoms with E-state index in [-0.39, 0.29) is 24.0 Å². The zero-order valence-corrected chi connectivity index (χ0v) is 9.78. The second-order valence-electron chi connectivity index (χ2n) is 3.61. The lowest BCUT2D eigenvalue weighted by Crippen LogP contribution is -2.36. The van der Waals surface area contributed by atoms with Crippen LogP contribution < -0.4 is 5.32 Å². The quantitative estimate of drug-likeness (QED) is 0.793. The average molecular weight is 254 g/mol. The number of nitrogens with zero attached hydrogens (tertiary/aromatic N) is 1. The van der Waals surface area contributed by atoms with E-state index < -0.39 is 0 Å². The summed E-state index contributed by atoms with van der Waals surface area (Å²) in [4.78, 5) is 13.1. The molecule has 0 spiro atoms. The van der Waals surface area contributed by atoms with Crippen molar-refractivity contribution in [2.45, 2.75) is 6.10 Å². The van der Waals surface area contributed by atoms with Crippen LogP contribution in [-0.4, -0.2) is 35.5 Å². The van der Waals surface area contributed by atoms with Gasteiger partial charge in [-0.2, -0.15) is 0 Å². The lowest BCUT2D eigenvalue weighted by molar-refractivity contribution is 0.235. The molecule has 1 aromatic rings. The Balaban J connectivity index is 1.99. The predicted octanol–water partition coefficient (Wildman–Crippen LogP) is 2.09. The van der Waals surface area contributed by atoms with E-state index in [0.717, 1.165) is 0 Å². The minimum Gasteiger partial charge on any atom is -0.458 e. The summed E-state index contributed by atoms with van der Waals surface area (Å²) in [5.41, 5.74) is 0.680. The van der Waals surface area contributed by atoms with E-state index in [9.17, 15) is 4.79 Å². The minimum atomic E-state index is -0.381. The van der Waals surface area contributed by atoms with Crippen molar-refractivity contribution in [2.24, 2.45) is 0 Å². The van der Waals surface area contributed by atoms with Crippen LogP contribution in [0.3, 0.4) is 0 Å². The van der Waals surface area contributed by atoms with Crippen molar-refractivity contribution < 1.29 is 9.53 Å². The highest BCUT2D eigenvalue weighted by Crippen LogP contribution is 2.14. The van der Waals surface area contributed by atoms with Crippen LogP contribution in [0, 0.1) is 5.41 Å². The largest absolute Gasteiger partial charge is 0.458 e. The number of ether oxygens (including phenoxy) is 1. The van der Waals surface area contributed by atoms with Crippen LogP contribution >= 0.6 is 11.6 Å². The highest BCUT2D eigenvalue weighted by Gasteiger charge is 2.32. The van der Waals surface area contributed by atoms with Gasteiger partial charge in [0, 0.05) is 5.69 Å². The standard InChI is InChI=1S/C11H12ClN3O2/c12-6-9-7-15(10(13)17-9)11(16)14-8-4-2-1-3-5-8/h1-5,9,13H,6-7H2,(H,14,16)/t9-/m1/s1. The summed E-state index contributed by atoms with van der Waals surface area (Å²) in [6.07, 6.45) is -0.300. The molecule has 0 aromatic heterocycles. The van der Waals surface area contributed by atoms with Crippen LogP contribution in [0.4, 0.5) is 10.5 Å². The molecule has 0 radical (unpaired) electrons. The van der Waals surface area contributed by atoms with Gasteiger partial charge in [-0.25, -0.2) is 9.69 Å². The molecule has 17 heavy (non-hydrogen) atoms. The first-order valence-electron chi connectivity index (χ1n) is 5.15. The summed E-state index contributed by atoms with van der Waals surface area (Å²) in [6, 6.07) is 8.51. The number of rotatable bonds is 2. The lowest BCUT2D eigenvalue weighted by Gasteiger charge is -2.13. The first-order chi connectivity index (χ1) is 8.20. The van der Waals surface area contributed by atoms with E-state index in [0.29, 0.717) is 12.2 Å². The van der Waals surface area contributed by atoms with Crippen molar-refractivity contribution >= 4 is 29.3 Å². The molecule has 1 heterocycles. The first kappa shape index (κ1) is 11.7. The number of benzene rings is 1. The number of amidine groups is 1. The molecule has 0 saturated carbocycles. The Morgan fingerprint density at radius 2 is 2.24 bits per heavy atom. The molecular formula is C11H12ClN3O2. The van der Waals surface area contributed by atoms with Gasteiger partial charge in [-0.3, -0.25) is 5.41 Å².